The summed E-state index contributed by atoms with van der Waals surface area (Å²) in [6, 6.07) is 0. The van der Waals surface area contributed by atoms with Crippen molar-refractivity contribution in [3.05, 3.63) is 34.9 Å². The molecule has 4 bridgehead atoms. The number of Topliss-reactive ketones (excluding diaryl/α,β-unsaturated/α-hetero) is 2. The van der Waals surface area contributed by atoms with Crippen molar-refractivity contribution >= 4 is 28.2 Å². The van der Waals surface area contributed by atoms with Gasteiger partial charge in [0.05, 0.1) is 23.0 Å². The first-order valence-corrected chi connectivity index (χ1v) is 30.5. The van der Waals surface area contributed by atoms with Crippen LogP contribution in [0.2, 0.25) is 36.3 Å². The molecule has 62 heavy (non-hydrogen) atoms. The first kappa shape index (κ1) is 51.9. The highest BCUT2D eigenvalue weighted by atomic mass is 28.4. The summed E-state index contributed by atoms with van der Waals surface area (Å²) in [5.41, 5.74) is 3.98. The topological polar surface area (TPSA) is 52.6 Å². The van der Waals surface area contributed by atoms with Gasteiger partial charge in [0.1, 0.15) is 5.78 Å². The Kier molecular flexibility index (Phi) is 13.2. The van der Waals surface area contributed by atoms with Gasteiger partial charge in [0.15, 0.2) is 22.4 Å². The van der Waals surface area contributed by atoms with Crippen molar-refractivity contribution in [2.24, 2.45) is 98.6 Å². The molecule has 6 heteroatoms. The van der Waals surface area contributed by atoms with Crippen molar-refractivity contribution in [2.45, 2.75) is 207 Å². The summed E-state index contributed by atoms with van der Waals surface area (Å²) >= 11 is 0. The Morgan fingerprint density at radius 1 is 0.613 bits per heavy atom. The van der Waals surface area contributed by atoms with E-state index in [9.17, 15) is 9.59 Å². The summed E-state index contributed by atoms with van der Waals surface area (Å²) in [7, 11) is -3.98. The molecule has 0 aliphatic heterocycles. The van der Waals surface area contributed by atoms with E-state index >= 15 is 0 Å². The predicted molar refractivity (Wildman–Crippen MR) is 269 cm³/mol. The van der Waals surface area contributed by atoms with Crippen molar-refractivity contribution in [3.63, 3.8) is 0 Å². The molecule has 0 amide bonds. The van der Waals surface area contributed by atoms with Crippen LogP contribution in [0.1, 0.15) is 159 Å². The third-order valence-corrected chi connectivity index (χ3v) is 30.2. The average molecular weight is 892 g/mol. The van der Waals surface area contributed by atoms with Gasteiger partial charge in [0.2, 0.25) is 0 Å². The second-order valence-electron chi connectivity index (χ2n) is 27.1. The van der Waals surface area contributed by atoms with E-state index in [2.05, 4.69) is 169 Å². The highest BCUT2D eigenvalue weighted by Gasteiger charge is 2.74. The maximum Gasteiger partial charge on any atom is 0.192 e. The molecule has 2 spiro atoms. The average Bonchev–Trinajstić information content (AvgIpc) is 3.67. The van der Waals surface area contributed by atoms with E-state index in [-0.39, 0.29) is 65.2 Å². The molecule has 8 aliphatic rings. The lowest BCUT2D eigenvalue weighted by Crippen LogP contribution is -2.51. The maximum absolute atomic E-state index is 14.7. The summed E-state index contributed by atoms with van der Waals surface area (Å²) < 4.78 is 14.4. The monoisotopic (exact) mass is 891 g/mol. The van der Waals surface area contributed by atoms with E-state index in [1.807, 2.05) is 0 Å². The van der Waals surface area contributed by atoms with Crippen LogP contribution in [0, 0.1) is 98.6 Å². The van der Waals surface area contributed by atoms with Gasteiger partial charge in [-0.2, -0.15) is 0 Å². The van der Waals surface area contributed by atoms with Crippen LogP contribution in [0.25, 0.3) is 0 Å². The SMILES string of the molecule is C.C.CC1=C[C@]23C(=O)[C@@H]([C@H](O[Si](C)(C)C(C)(C)C)[C@H](C)[C@@H](C)C2=C1)[C@H]1[C@@H](C[C@H]3C)C1(C)C.CC1=C[C@]23C(=O)[C@@H]([C@H](O[Si](C)(C)C(C)(C)C)[C@H](C)[C@@H](C)[C@@H]2C1)[C@H]1[C@@H](C[C@H]3C)C1(C)C. The zero-order valence-electron chi connectivity index (χ0n) is 42.6. The zero-order valence-corrected chi connectivity index (χ0v) is 44.6. The molecule has 6 saturated carbocycles. The third-order valence-electron chi connectivity index (χ3n) is 21.2. The van der Waals surface area contributed by atoms with Crippen LogP contribution in [0.3, 0.4) is 0 Å². The molecule has 0 heterocycles. The van der Waals surface area contributed by atoms with Gasteiger partial charge in [-0.05, 0) is 151 Å². The lowest BCUT2D eigenvalue weighted by molar-refractivity contribution is -0.138. The van der Waals surface area contributed by atoms with Crippen LogP contribution in [0.4, 0.5) is 0 Å². The van der Waals surface area contributed by atoms with Gasteiger partial charge >= 0.3 is 0 Å². The first-order chi connectivity index (χ1) is 27.1. The van der Waals surface area contributed by atoms with Crippen LogP contribution in [0.5, 0.6) is 0 Å². The number of allylic oxidation sites excluding steroid dienone is 6. The van der Waals surface area contributed by atoms with Gasteiger partial charge in [-0.3, -0.25) is 9.59 Å². The number of hydrogen-bond acceptors (Lipinski definition) is 4. The van der Waals surface area contributed by atoms with Crippen LogP contribution >= 0.6 is 0 Å². The molecule has 6 fully saturated rings. The van der Waals surface area contributed by atoms with Crippen molar-refractivity contribution in [2.75, 3.05) is 0 Å². The maximum atomic E-state index is 14.7. The molecule has 0 aromatic heterocycles. The van der Waals surface area contributed by atoms with Gasteiger partial charge in [-0.15, -0.1) is 0 Å². The highest BCUT2D eigenvalue weighted by Crippen LogP contribution is 2.74. The zero-order chi connectivity index (χ0) is 45.2. The smallest absolute Gasteiger partial charge is 0.192 e. The number of fused-ring (bicyclic) bond motifs is 6. The van der Waals surface area contributed by atoms with E-state index in [1.54, 1.807) is 0 Å². The Hall–Kier alpha value is -1.09. The number of carbonyl (C=O) groups is 2. The third kappa shape index (κ3) is 7.27. The normalized spacial score (nSPS) is 44.9. The van der Waals surface area contributed by atoms with Gasteiger partial charge in [0.25, 0.3) is 0 Å². The molecule has 0 unspecified atom stereocenters. The van der Waals surface area contributed by atoms with Gasteiger partial charge < -0.3 is 8.85 Å². The number of carbonyl (C=O) groups excluding carboxylic acids is 2. The van der Waals surface area contributed by atoms with Gasteiger partial charge in [-0.1, -0.05) is 155 Å². The lowest BCUT2D eigenvalue weighted by atomic mass is 9.61. The molecule has 0 N–H and O–H groups in total. The largest absolute Gasteiger partial charge is 0.413 e. The Morgan fingerprint density at radius 3 is 1.52 bits per heavy atom. The summed E-state index contributed by atoms with van der Waals surface area (Å²) in [5.74, 6) is 6.28. The molecular formula is C56H98O4Si2. The number of ketones is 2. The molecule has 0 aromatic rings. The Balaban J connectivity index is 0.000000227. The van der Waals surface area contributed by atoms with E-state index in [0.717, 1.165) is 12.8 Å². The fourth-order valence-corrected chi connectivity index (χ4v) is 17.7. The van der Waals surface area contributed by atoms with E-state index in [1.165, 1.54) is 23.1 Å². The molecule has 8 rings (SSSR count). The molecule has 17 atom stereocenters. The van der Waals surface area contributed by atoms with Crippen LogP contribution < -0.4 is 0 Å². The molecule has 0 saturated heterocycles. The minimum atomic E-state index is -2.00. The van der Waals surface area contributed by atoms with Crippen LogP contribution in [-0.4, -0.2) is 40.4 Å². The van der Waals surface area contributed by atoms with Gasteiger partial charge in [0, 0.05) is 11.8 Å². The molecule has 354 valence electrons. The quantitative estimate of drug-likeness (QED) is 0.208. The molecular weight excluding hydrogens is 793 g/mol. The second kappa shape index (κ2) is 15.7. The highest BCUT2D eigenvalue weighted by molar-refractivity contribution is 6.74. The van der Waals surface area contributed by atoms with E-state index in [0.29, 0.717) is 76.7 Å². The summed E-state index contributed by atoms with van der Waals surface area (Å²) in [6.45, 7) is 51.7. The van der Waals surface area contributed by atoms with E-state index in [4.69, 9.17) is 8.85 Å². The van der Waals surface area contributed by atoms with Crippen molar-refractivity contribution < 1.29 is 18.4 Å². The Labute approximate surface area is 385 Å². The predicted octanol–water partition coefficient (Wildman–Crippen LogP) is 15.4. The van der Waals surface area contributed by atoms with Crippen molar-refractivity contribution in [3.8, 4) is 0 Å². The van der Waals surface area contributed by atoms with Crippen molar-refractivity contribution in [1.82, 2.24) is 0 Å². The van der Waals surface area contributed by atoms with Crippen LogP contribution in [0.15, 0.2) is 34.9 Å². The molecule has 4 nitrogen and oxygen atoms in total. The first-order valence-electron chi connectivity index (χ1n) is 24.7. The second-order valence-corrected chi connectivity index (χ2v) is 36.6. The molecule has 0 aromatic carbocycles. The minimum absolute atomic E-state index is 0. The number of hydrogen-bond donors (Lipinski definition) is 0. The fraction of sp³-hybridized carbons (Fsp3) is 0.857. The summed E-state index contributed by atoms with van der Waals surface area (Å²) in [6.07, 6.45) is 10.7. The van der Waals surface area contributed by atoms with Crippen LogP contribution in [-0.2, 0) is 18.4 Å². The Morgan fingerprint density at radius 2 is 1.05 bits per heavy atom. The lowest BCUT2D eigenvalue weighted by Gasteiger charge is -2.44. The molecule has 8 aliphatic carbocycles. The number of rotatable bonds is 4. The summed E-state index contributed by atoms with van der Waals surface area (Å²) in [4.78, 5) is 29.3. The van der Waals surface area contributed by atoms with Crippen molar-refractivity contribution in [1.29, 1.82) is 0 Å². The summed E-state index contributed by atoms with van der Waals surface area (Å²) in [5, 5.41) is 0.303. The van der Waals surface area contributed by atoms with E-state index < -0.39 is 22.0 Å². The minimum Gasteiger partial charge on any atom is -0.413 e. The standard InChI is InChI=1S/C27H46O2Si.C27H44O2Si.2CH4/c2*1-15-12-19-17(3)18(4)23(29-30(10,11)25(5,6)7)21-22-20(26(22,8)9)13-16(2)27(19,14-15)24(21)28;;/h14,16-23H,12-13H2,1-11H3;12,14,16-18,20-23H,13H2,1-11H3;2*1H4/t16-,17-,18-,19+,20-,21-,22-,23-,27-;16-,17-,18-,20-,21-,22-,23-,27-;;/m11../s1. The van der Waals surface area contributed by atoms with Gasteiger partial charge in [-0.25, -0.2) is 0 Å². The Bertz CT molecular complexity index is 1870. The molecule has 0 radical (unpaired) electrons. The fourth-order valence-electron chi connectivity index (χ4n) is 14.9.